The van der Waals surface area contributed by atoms with Gasteiger partial charge in [0.1, 0.15) is 11.8 Å². The Balaban J connectivity index is 1.81. The molecule has 22 heavy (non-hydrogen) atoms. The van der Waals surface area contributed by atoms with Crippen LogP contribution < -0.4 is 10.1 Å². The Morgan fingerprint density at radius 1 is 1.23 bits per heavy atom. The van der Waals surface area contributed by atoms with E-state index >= 15 is 0 Å². The molecule has 1 aliphatic heterocycles. The summed E-state index contributed by atoms with van der Waals surface area (Å²) in [7, 11) is 1.59. The summed E-state index contributed by atoms with van der Waals surface area (Å²) in [5, 5.41) is 14.0. The lowest BCUT2D eigenvalue weighted by atomic mass is 9.93. The predicted octanol–water partition coefficient (Wildman–Crippen LogP) is 2.62. The molecular formula is C17H18N2O3. The molecule has 0 aromatic heterocycles. The lowest BCUT2D eigenvalue weighted by molar-refractivity contribution is -0.154. The normalized spacial score (nSPS) is 17.6. The van der Waals surface area contributed by atoms with Crippen LogP contribution in [0.1, 0.15) is 17.2 Å². The minimum atomic E-state index is -0.688. The number of carbonyl (C=O) groups excluding carboxylic acids is 1. The first kappa shape index (κ1) is 14.6. The van der Waals surface area contributed by atoms with Gasteiger partial charge in [-0.2, -0.15) is 5.06 Å². The predicted molar refractivity (Wildman–Crippen MR) is 83.0 cm³/mol. The number of anilines is 1. The molecule has 2 N–H and O–H groups in total. The molecule has 3 rings (SSSR count). The molecule has 1 unspecified atom stereocenters. The van der Waals surface area contributed by atoms with Gasteiger partial charge in [-0.1, -0.05) is 24.3 Å². The quantitative estimate of drug-likeness (QED) is 0.914. The van der Waals surface area contributed by atoms with E-state index in [1.807, 2.05) is 24.3 Å². The fourth-order valence-corrected chi connectivity index (χ4v) is 2.71. The lowest BCUT2D eigenvalue weighted by Crippen LogP contribution is -2.40. The Kier molecular flexibility index (Phi) is 4.09. The summed E-state index contributed by atoms with van der Waals surface area (Å²) in [5.74, 6) is 0.476. The zero-order valence-corrected chi connectivity index (χ0v) is 12.3. The lowest BCUT2D eigenvalue weighted by Gasteiger charge is -2.31. The molecule has 1 aliphatic rings. The van der Waals surface area contributed by atoms with Crippen molar-refractivity contribution in [3.8, 4) is 5.75 Å². The fourth-order valence-electron chi connectivity index (χ4n) is 2.71. The van der Waals surface area contributed by atoms with E-state index in [0.717, 1.165) is 28.4 Å². The molecular weight excluding hydrogens is 280 g/mol. The largest absolute Gasteiger partial charge is 0.497 e. The van der Waals surface area contributed by atoms with Crippen LogP contribution in [0.3, 0.4) is 0 Å². The van der Waals surface area contributed by atoms with Crippen molar-refractivity contribution in [3.05, 3.63) is 59.7 Å². The molecule has 2 aromatic carbocycles. The van der Waals surface area contributed by atoms with E-state index in [0.29, 0.717) is 12.2 Å². The Morgan fingerprint density at radius 2 is 1.95 bits per heavy atom. The van der Waals surface area contributed by atoms with Crippen molar-refractivity contribution in [3.63, 3.8) is 0 Å². The van der Waals surface area contributed by atoms with Gasteiger partial charge in [0.15, 0.2) is 0 Å². The molecule has 0 radical (unpaired) electrons. The topological polar surface area (TPSA) is 61.8 Å². The molecule has 0 saturated carbocycles. The van der Waals surface area contributed by atoms with Crippen molar-refractivity contribution in [1.82, 2.24) is 5.06 Å². The highest BCUT2D eigenvalue weighted by Gasteiger charge is 2.32. The van der Waals surface area contributed by atoms with Gasteiger partial charge >= 0.3 is 0 Å². The maximum absolute atomic E-state index is 12.6. The van der Waals surface area contributed by atoms with Crippen LogP contribution in [0.4, 0.5) is 5.69 Å². The van der Waals surface area contributed by atoms with Crippen LogP contribution in [0.2, 0.25) is 0 Å². The minimum absolute atomic E-state index is 0.250. The van der Waals surface area contributed by atoms with Crippen LogP contribution in [-0.2, 0) is 11.2 Å². The van der Waals surface area contributed by atoms with Crippen LogP contribution in [-0.4, -0.2) is 29.8 Å². The first-order valence-corrected chi connectivity index (χ1v) is 7.17. The van der Waals surface area contributed by atoms with Gasteiger partial charge in [0, 0.05) is 12.2 Å². The van der Waals surface area contributed by atoms with E-state index in [-0.39, 0.29) is 5.91 Å². The second kappa shape index (κ2) is 6.17. The Bertz CT molecular complexity index is 670. The Hall–Kier alpha value is -2.37. The van der Waals surface area contributed by atoms with Gasteiger partial charge in [-0.25, -0.2) is 0 Å². The summed E-state index contributed by atoms with van der Waals surface area (Å²) >= 11 is 0. The minimum Gasteiger partial charge on any atom is -0.497 e. The van der Waals surface area contributed by atoms with Crippen molar-refractivity contribution in [1.29, 1.82) is 0 Å². The summed E-state index contributed by atoms with van der Waals surface area (Å²) in [6, 6.07) is 14.1. The SMILES string of the molecule is COc1ccc(NC(=O)C2c3ccccc3CCN2O)cc1. The number of hydrogen-bond donors (Lipinski definition) is 2. The van der Waals surface area contributed by atoms with Crippen LogP contribution in [0.25, 0.3) is 0 Å². The number of nitrogens with one attached hydrogen (secondary N) is 1. The molecule has 0 spiro atoms. The van der Waals surface area contributed by atoms with Gasteiger partial charge in [0.05, 0.1) is 7.11 Å². The van der Waals surface area contributed by atoms with E-state index < -0.39 is 6.04 Å². The molecule has 5 nitrogen and oxygen atoms in total. The highest BCUT2D eigenvalue weighted by Crippen LogP contribution is 2.29. The van der Waals surface area contributed by atoms with Gasteiger partial charge in [-0.3, -0.25) is 4.79 Å². The molecule has 1 heterocycles. The highest BCUT2D eigenvalue weighted by molar-refractivity contribution is 5.95. The van der Waals surface area contributed by atoms with Crippen molar-refractivity contribution < 1.29 is 14.7 Å². The Labute approximate surface area is 129 Å². The molecule has 0 bridgehead atoms. The van der Waals surface area contributed by atoms with E-state index in [1.54, 1.807) is 31.4 Å². The number of nitrogens with zero attached hydrogens (tertiary/aromatic N) is 1. The average molecular weight is 298 g/mol. The summed E-state index contributed by atoms with van der Waals surface area (Å²) in [6.45, 7) is 0.442. The fraction of sp³-hybridized carbons (Fsp3) is 0.235. The van der Waals surface area contributed by atoms with Gasteiger partial charge in [-0.05, 0) is 41.8 Å². The molecule has 0 aliphatic carbocycles. The van der Waals surface area contributed by atoms with Crippen LogP contribution in [0.15, 0.2) is 48.5 Å². The summed E-state index contributed by atoms with van der Waals surface area (Å²) in [6.07, 6.45) is 0.735. The van der Waals surface area contributed by atoms with Gasteiger partial charge < -0.3 is 15.3 Å². The molecule has 114 valence electrons. The van der Waals surface area contributed by atoms with Gasteiger partial charge in [0.25, 0.3) is 0 Å². The van der Waals surface area contributed by atoms with Crippen LogP contribution in [0, 0.1) is 0 Å². The number of hydrogen-bond acceptors (Lipinski definition) is 4. The summed E-state index contributed by atoms with van der Waals surface area (Å²) in [4.78, 5) is 12.6. The highest BCUT2D eigenvalue weighted by atomic mass is 16.5. The van der Waals surface area contributed by atoms with E-state index in [1.165, 1.54) is 0 Å². The third kappa shape index (κ3) is 2.81. The number of benzene rings is 2. The summed E-state index contributed by atoms with van der Waals surface area (Å²) in [5.41, 5.74) is 2.62. The van der Waals surface area contributed by atoms with E-state index in [4.69, 9.17) is 4.74 Å². The smallest absolute Gasteiger partial charge is 0.248 e. The van der Waals surface area contributed by atoms with E-state index in [2.05, 4.69) is 5.32 Å². The Morgan fingerprint density at radius 3 is 2.68 bits per heavy atom. The average Bonchev–Trinajstić information content (AvgIpc) is 2.55. The molecule has 0 fully saturated rings. The van der Waals surface area contributed by atoms with Crippen LogP contribution >= 0.6 is 0 Å². The zero-order chi connectivity index (χ0) is 15.5. The number of methoxy groups -OCH3 is 1. The first-order chi connectivity index (χ1) is 10.7. The second-order valence-electron chi connectivity index (χ2n) is 5.23. The number of carbonyl (C=O) groups is 1. The number of hydroxylamine groups is 2. The number of fused-ring (bicyclic) bond motifs is 1. The molecule has 1 atom stereocenters. The van der Waals surface area contributed by atoms with E-state index in [9.17, 15) is 10.0 Å². The second-order valence-corrected chi connectivity index (χ2v) is 5.23. The van der Waals surface area contributed by atoms with Crippen molar-refractivity contribution in [2.75, 3.05) is 19.0 Å². The molecule has 1 amide bonds. The number of ether oxygens (including phenoxy) is 1. The molecule has 0 saturated heterocycles. The maximum atomic E-state index is 12.6. The summed E-state index contributed by atoms with van der Waals surface area (Å²) < 4.78 is 5.09. The van der Waals surface area contributed by atoms with Gasteiger partial charge in [0.2, 0.25) is 5.91 Å². The molecule has 5 heteroatoms. The van der Waals surface area contributed by atoms with Crippen molar-refractivity contribution in [2.24, 2.45) is 0 Å². The third-order valence-electron chi connectivity index (χ3n) is 3.86. The van der Waals surface area contributed by atoms with Gasteiger partial charge in [-0.15, -0.1) is 0 Å². The van der Waals surface area contributed by atoms with Crippen molar-refractivity contribution in [2.45, 2.75) is 12.5 Å². The first-order valence-electron chi connectivity index (χ1n) is 7.17. The van der Waals surface area contributed by atoms with Crippen LogP contribution in [0.5, 0.6) is 5.75 Å². The number of amides is 1. The zero-order valence-electron chi connectivity index (χ0n) is 12.3. The molecule has 2 aromatic rings. The third-order valence-corrected chi connectivity index (χ3v) is 3.86. The number of rotatable bonds is 3. The van der Waals surface area contributed by atoms with Crippen molar-refractivity contribution >= 4 is 11.6 Å². The monoisotopic (exact) mass is 298 g/mol. The maximum Gasteiger partial charge on any atom is 0.248 e. The standard InChI is InChI=1S/C17H18N2O3/c1-22-14-8-6-13(7-9-14)18-17(20)16-15-5-3-2-4-12(15)10-11-19(16)21/h2-9,16,21H,10-11H2,1H3,(H,18,20).